The lowest BCUT2D eigenvalue weighted by Gasteiger charge is -2.34. The van der Waals surface area contributed by atoms with Gasteiger partial charge in [-0.3, -0.25) is 9.59 Å². The number of nitrogens with one attached hydrogen (secondary N) is 3. The Kier molecular flexibility index (Phi) is 8.14. The van der Waals surface area contributed by atoms with Crippen LogP contribution >= 0.6 is 0 Å². The second-order valence-corrected chi connectivity index (χ2v) is 12.6. The smallest absolute Gasteiger partial charge is 0.274 e. The van der Waals surface area contributed by atoms with E-state index in [9.17, 15) is 31.5 Å². The Morgan fingerprint density at radius 1 is 1.18 bits per heavy atom. The van der Waals surface area contributed by atoms with Gasteiger partial charge in [0.25, 0.3) is 12.3 Å². The minimum atomic E-state index is -3.12. The number of alkyl halides is 5. The van der Waals surface area contributed by atoms with Gasteiger partial charge >= 0.3 is 0 Å². The molecule has 3 saturated carbocycles. The van der Waals surface area contributed by atoms with E-state index in [2.05, 4.69) is 25.8 Å². The SMILES string of the molecule is CC(CF)(OC[C@H](NC(=O)c1nocc1C1CC1)c1nc2cc([C@H](NC(=O)CC3CC(F)(F)C3)C3CC3)ccc2[nH]1)C(F)F. The van der Waals surface area contributed by atoms with Crippen molar-refractivity contribution in [2.45, 2.75) is 87.8 Å². The van der Waals surface area contributed by atoms with E-state index in [0.717, 1.165) is 38.2 Å². The molecule has 0 spiro atoms. The average Bonchev–Trinajstić information content (AvgIpc) is 3.90. The summed E-state index contributed by atoms with van der Waals surface area (Å²) in [6.45, 7) is -1.00. The summed E-state index contributed by atoms with van der Waals surface area (Å²) < 4.78 is 77.5. The maximum atomic E-state index is 13.6. The van der Waals surface area contributed by atoms with Gasteiger partial charge in [0.1, 0.15) is 24.8 Å². The summed E-state index contributed by atoms with van der Waals surface area (Å²) in [7, 11) is 0. The first-order valence-electron chi connectivity index (χ1n) is 14.8. The number of hydrogen-bond donors (Lipinski definition) is 3. The van der Waals surface area contributed by atoms with Gasteiger partial charge in [-0.15, -0.1) is 0 Å². The summed E-state index contributed by atoms with van der Waals surface area (Å²) in [6, 6.07) is 3.96. The van der Waals surface area contributed by atoms with Crippen molar-refractivity contribution in [3.8, 4) is 0 Å². The van der Waals surface area contributed by atoms with Gasteiger partial charge in [0.15, 0.2) is 11.3 Å². The molecule has 0 bridgehead atoms. The molecule has 9 nitrogen and oxygen atoms in total. The molecular formula is C30H34F5N5O4. The molecule has 3 atom stereocenters. The number of aromatic amines is 1. The van der Waals surface area contributed by atoms with E-state index in [0.29, 0.717) is 16.6 Å². The second-order valence-electron chi connectivity index (χ2n) is 12.6. The minimum absolute atomic E-state index is 0.0411. The van der Waals surface area contributed by atoms with E-state index in [1.54, 1.807) is 12.1 Å². The van der Waals surface area contributed by atoms with Gasteiger partial charge in [0, 0.05) is 24.8 Å². The van der Waals surface area contributed by atoms with Crippen LogP contribution in [0.2, 0.25) is 0 Å². The summed E-state index contributed by atoms with van der Waals surface area (Å²) >= 11 is 0. The number of nitrogens with zero attached hydrogens (tertiary/aromatic N) is 2. The number of imidazole rings is 1. The molecule has 3 aliphatic carbocycles. The highest BCUT2D eigenvalue weighted by Gasteiger charge is 2.46. The van der Waals surface area contributed by atoms with E-state index in [-0.39, 0.29) is 60.5 Å². The number of amides is 2. The van der Waals surface area contributed by atoms with Crippen molar-refractivity contribution in [1.29, 1.82) is 0 Å². The molecule has 14 heteroatoms. The topological polar surface area (TPSA) is 122 Å². The van der Waals surface area contributed by atoms with Gasteiger partial charge in [0.05, 0.1) is 23.7 Å². The fourth-order valence-electron chi connectivity index (χ4n) is 5.68. The summed E-state index contributed by atoms with van der Waals surface area (Å²) in [5.41, 5.74) is 0.172. The maximum absolute atomic E-state index is 13.6. The Balaban J connectivity index is 1.22. The number of rotatable bonds is 14. The van der Waals surface area contributed by atoms with Crippen LogP contribution in [0.3, 0.4) is 0 Å². The number of fused-ring (bicyclic) bond motifs is 1. The maximum Gasteiger partial charge on any atom is 0.274 e. The first-order valence-corrected chi connectivity index (χ1v) is 14.8. The molecule has 0 radical (unpaired) electrons. The highest BCUT2D eigenvalue weighted by molar-refractivity contribution is 5.94. The largest absolute Gasteiger partial charge is 0.364 e. The van der Waals surface area contributed by atoms with Crippen LogP contribution in [0.5, 0.6) is 0 Å². The number of ether oxygens (including phenoxy) is 1. The predicted molar refractivity (Wildman–Crippen MR) is 147 cm³/mol. The zero-order valence-electron chi connectivity index (χ0n) is 24.1. The molecule has 2 amide bonds. The fourth-order valence-corrected chi connectivity index (χ4v) is 5.68. The lowest BCUT2D eigenvalue weighted by atomic mass is 9.79. The third kappa shape index (κ3) is 6.59. The molecule has 0 aliphatic heterocycles. The van der Waals surface area contributed by atoms with Gasteiger partial charge in [-0.05, 0) is 68.1 Å². The van der Waals surface area contributed by atoms with Gasteiger partial charge < -0.3 is 24.9 Å². The predicted octanol–water partition coefficient (Wildman–Crippen LogP) is 5.91. The number of halogens is 5. The summed E-state index contributed by atoms with van der Waals surface area (Å²) in [4.78, 5) is 33.6. The van der Waals surface area contributed by atoms with Gasteiger partial charge in [-0.1, -0.05) is 11.2 Å². The molecule has 2 heterocycles. The molecule has 44 heavy (non-hydrogen) atoms. The summed E-state index contributed by atoms with van der Waals surface area (Å²) in [6.07, 6.45) is 1.37. The molecule has 3 fully saturated rings. The highest BCUT2D eigenvalue weighted by Crippen LogP contribution is 2.45. The molecule has 6 rings (SSSR count). The minimum Gasteiger partial charge on any atom is -0.364 e. The quantitative estimate of drug-likeness (QED) is 0.192. The standard InChI is InChI=1S/C30H34F5N5O4/c1-29(14-31,28(32)33)43-13-22(38-27(42)25-19(12-44-40-25)16-2-3-16)26-36-20-7-6-18(9-21(20)37-26)24(17-4-5-17)39-23(41)8-15-10-30(34,35)11-15/h6-7,9,12,15-17,22,24,28H,2-5,8,10-11,13-14H2,1H3,(H,36,37)(H,38,42)(H,39,41)/t22-,24+,29?/m0/s1. The average molecular weight is 624 g/mol. The van der Waals surface area contributed by atoms with Crippen molar-refractivity contribution in [1.82, 2.24) is 25.8 Å². The Hall–Kier alpha value is -3.55. The molecule has 1 aromatic carbocycles. The number of carbonyl (C=O) groups excluding carboxylic acids is 2. The van der Waals surface area contributed by atoms with Crippen molar-refractivity contribution < 1.29 is 40.8 Å². The third-order valence-electron chi connectivity index (χ3n) is 8.71. The second kappa shape index (κ2) is 11.8. The van der Waals surface area contributed by atoms with Crippen molar-refractivity contribution in [2.24, 2.45) is 11.8 Å². The Labute approximate surface area is 249 Å². The Bertz CT molecular complexity index is 1510. The number of hydrogen-bond acceptors (Lipinski definition) is 6. The summed E-state index contributed by atoms with van der Waals surface area (Å²) in [5.74, 6) is -3.37. The van der Waals surface area contributed by atoms with Crippen molar-refractivity contribution in [2.75, 3.05) is 13.3 Å². The first kappa shape index (κ1) is 30.5. The van der Waals surface area contributed by atoms with E-state index in [4.69, 9.17) is 9.26 Å². The lowest BCUT2D eigenvalue weighted by molar-refractivity contribution is -0.143. The van der Waals surface area contributed by atoms with Gasteiger partial charge in [-0.25, -0.2) is 26.9 Å². The molecule has 238 valence electrons. The van der Waals surface area contributed by atoms with Crippen LogP contribution in [-0.4, -0.2) is 58.2 Å². The van der Waals surface area contributed by atoms with Gasteiger partial charge in [-0.2, -0.15) is 0 Å². The molecule has 1 unspecified atom stereocenters. The normalized spacial score (nSPS) is 21.1. The molecule has 0 saturated heterocycles. The van der Waals surface area contributed by atoms with Crippen LogP contribution in [0.25, 0.3) is 11.0 Å². The molecule has 2 aromatic heterocycles. The number of aromatic nitrogens is 3. The molecule has 3 aliphatic rings. The highest BCUT2D eigenvalue weighted by atomic mass is 19.3. The van der Waals surface area contributed by atoms with E-state index >= 15 is 0 Å². The van der Waals surface area contributed by atoms with Crippen molar-refractivity contribution in [3.63, 3.8) is 0 Å². The van der Waals surface area contributed by atoms with Crippen LogP contribution < -0.4 is 10.6 Å². The third-order valence-corrected chi connectivity index (χ3v) is 8.71. The van der Waals surface area contributed by atoms with Crippen LogP contribution in [0.1, 0.15) is 97.3 Å². The first-order chi connectivity index (χ1) is 20.9. The van der Waals surface area contributed by atoms with E-state index < -0.39 is 43.2 Å². The lowest BCUT2D eigenvalue weighted by Crippen LogP contribution is -2.43. The van der Waals surface area contributed by atoms with Crippen LogP contribution in [0.15, 0.2) is 29.0 Å². The number of carbonyl (C=O) groups is 2. The van der Waals surface area contributed by atoms with Gasteiger partial charge in [0.2, 0.25) is 11.8 Å². The van der Waals surface area contributed by atoms with Crippen molar-refractivity contribution >= 4 is 22.8 Å². The molecule has 3 N–H and O–H groups in total. The van der Waals surface area contributed by atoms with Crippen molar-refractivity contribution in [3.05, 3.63) is 47.1 Å². The monoisotopic (exact) mass is 623 g/mol. The number of H-pyrrole nitrogens is 1. The summed E-state index contributed by atoms with van der Waals surface area (Å²) in [5, 5.41) is 9.55. The number of benzene rings is 1. The molecule has 3 aromatic rings. The zero-order chi connectivity index (χ0) is 31.2. The van der Waals surface area contributed by atoms with E-state index in [1.165, 1.54) is 6.26 Å². The fraction of sp³-hybridized carbons (Fsp3) is 0.600. The Morgan fingerprint density at radius 2 is 1.93 bits per heavy atom. The Morgan fingerprint density at radius 3 is 2.57 bits per heavy atom. The molecular weight excluding hydrogens is 589 g/mol. The van der Waals surface area contributed by atoms with Crippen LogP contribution in [0.4, 0.5) is 22.0 Å². The zero-order valence-corrected chi connectivity index (χ0v) is 24.1. The van der Waals surface area contributed by atoms with E-state index in [1.807, 2.05) is 6.07 Å². The van der Waals surface area contributed by atoms with Crippen LogP contribution in [0, 0.1) is 11.8 Å². The van der Waals surface area contributed by atoms with Crippen LogP contribution in [-0.2, 0) is 9.53 Å².